The van der Waals surface area contributed by atoms with Crippen LogP contribution in [0.4, 0.5) is 10.5 Å². The second-order valence-corrected chi connectivity index (χ2v) is 7.75. The molecule has 1 fully saturated rings. The third-order valence-electron chi connectivity index (χ3n) is 4.57. The van der Waals surface area contributed by atoms with Gasteiger partial charge in [-0.3, -0.25) is 4.79 Å². The van der Waals surface area contributed by atoms with E-state index in [4.69, 9.17) is 11.6 Å². The van der Waals surface area contributed by atoms with Crippen LogP contribution in [0.1, 0.15) is 23.8 Å². The smallest absolute Gasteiger partial charge is 0.321 e. The van der Waals surface area contributed by atoms with E-state index in [-0.39, 0.29) is 11.9 Å². The van der Waals surface area contributed by atoms with Gasteiger partial charge in [0.05, 0.1) is 0 Å². The molecule has 0 bridgehead atoms. The van der Waals surface area contributed by atoms with Crippen LogP contribution in [0.3, 0.4) is 0 Å². The van der Waals surface area contributed by atoms with Crippen LogP contribution < -0.4 is 5.32 Å². The Bertz CT molecular complexity index is 839. The molecule has 1 aliphatic heterocycles. The highest BCUT2D eigenvalue weighted by Gasteiger charge is 2.24. The molecule has 1 aromatic carbocycles. The van der Waals surface area contributed by atoms with E-state index < -0.39 is 0 Å². The zero-order chi connectivity index (χ0) is 19.4. The van der Waals surface area contributed by atoms with Crippen LogP contribution in [-0.4, -0.2) is 52.5 Å². The fourth-order valence-corrected chi connectivity index (χ4v) is 3.82. The Labute approximate surface area is 172 Å². The van der Waals surface area contributed by atoms with Gasteiger partial charge >= 0.3 is 6.03 Å². The zero-order valence-electron chi connectivity index (χ0n) is 15.1. The van der Waals surface area contributed by atoms with Crippen LogP contribution in [0.25, 0.3) is 0 Å². The second kappa shape index (κ2) is 8.80. The first kappa shape index (κ1) is 19.8. The van der Waals surface area contributed by atoms with Gasteiger partial charge in [-0.25, -0.2) is 4.79 Å². The minimum absolute atomic E-state index is 0.000325. The summed E-state index contributed by atoms with van der Waals surface area (Å²) in [4.78, 5) is 29.0. The Morgan fingerprint density at radius 3 is 2.63 bits per heavy atom. The first-order valence-corrected chi connectivity index (χ1v) is 10.1. The van der Waals surface area contributed by atoms with Crippen molar-refractivity contribution in [1.29, 1.82) is 0 Å². The number of benzene rings is 1. The number of nitrogens with zero attached hydrogens (tertiary/aromatic N) is 3. The van der Waals surface area contributed by atoms with Gasteiger partial charge in [-0.15, -0.1) is 0 Å². The number of carbonyl (C=O) groups is 2. The quantitative estimate of drug-likeness (QED) is 0.753. The molecule has 0 aliphatic carbocycles. The molecule has 1 aromatic heterocycles. The van der Waals surface area contributed by atoms with E-state index in [0.29, 0.717) is 42.6 Å². The van der Waals surface area contributed by atoms with Crippen molar-refractivity contribution in [3.05, 3.63) is 51.7 Å². The van der Waals surface area contributed by atoms with Crippen LogP contribution in [0.5, 0.6) is 0 Å². The molecule has 0 atom stereocenters. The van der Waals surface area contributed by atoms with Gasteiger partial charge in [0.25, 0.3) is 5.91 Å². The Morgan fingerprint density at radius 2 is 1.89 bits per heavy atom. The molecule has 1 aliphatic rings. The van der Waals surface area contributed by atoms with Gasteiger partial charge in [-0.05, 0) is 53.5 Å². The lowest BCUT2D eigenvalue weighted by Gasteiger charge is -2.23. The van der Waals surface area contributed by atoms with Crippen molar-refractivity contribution in [3.8, 4) is 0 Å². The van der Waals surface area contributed by atoms with Gasteiger partial charge in [0, 0.05) is 54.1 Å². The Balaban J connectivity index is 1.63. The minimum atomic E-state index is -0.175. The van der Waals surface area contributed by atoms with E-state index in [9.17, 15) is 9.59 Å². The minimum Gasteiger partial charge on any atom is -0.343 e. The van der Waals surface area contributed by atoms with Gasteiger partial charge in [0.1, 0.15) is 5.69 Å². The fourth-order valence-electron chi connectivity index (χ4n) is 3.17. The number of aryl methyl sites for hydroxylation is 1. The third-order valence-corrected chi connectivity index (χ3v) is 5.24. The first-order chi connectivity index (χ1) is 13.0. The first-order valence-electron chi connectivity index (χ1n) is 8.94. The SMILES string of the molecule is CCn1cc(Br)cc1C(=O)N1CCCN(C(=O)Nc2cccc(Cl)c2)CC1. The second-order valence-electron chi connectivity index (χ2n) is 6.40. The van der Waals surface area contributed by atoms with Crippen molar-refractivity contribution >= 4 is 45.2 Å². The van der Waals surface area contributed by atoms with E-state index in [1.165, 1.54) is 0 Å². The molecule has 1 N–H and O–H groups in total. The van der Waals surface area contributed by atoms with E-state index in [1.807, 2.05) is 28.7 Å². The summed E-state index contributed by atoms with van der Waals surface area (Å²) in [5.41, 5.74) is 1.33. The number of hydrogen-bond donors (Lipinski definition) is 1. The lowest BCUT2D eigenvalue weighted by Crippen LogP contribution is -2.39. The molecule has 0 spiro atoms. The number of urea groups is 1. The van der Waals surface area contributed by atoms with E-state index >= 15 is 0 Å². The number of aromatic nitrogens is 1. The lowest BCUT2D eigenvalue weighted by molar-refractivity contribution is 0.0752. The zero-order valence-corrected chi connectivity index (χ0v) is 17.5. The van der Waals surface area contributed by atoms with Gasteiger partial charge in [0.15, 0.2) is 0 Å². The van der Waals surface area contributed by atoms with E-state index in [2.05, 4.69) is 21.2 Å². The predicted octanol–water partition coefficient (Wildman–Crippen LogP) is 4.30. The summed E-state index contributed by atoms with van der Waals surface area (Å²) in [5.74, 6) is -0.000325. The Morgan fingerprint density at radius 1 is 1.15 bits per heavy atom. The van der Waals surface area contributed by atoms with E-state index in [0.717, 1.165) is 17.4 Å². The van der Waals surface area contributed by atoms with Crippen LogP contribution >= 0.6 is 27.5 Å². The molecule has 0 radical (unpaired) electrons. The average Bonchev–Trinajstić information content (AvgIpc) is 2.86. The normalized spacial score (nSPS) is 14.8. The average molecular weight is 454 g/mol. The third kappa shape index (κ3) is 4.84. The van der Waals surface area contributed by atoms with Crippen molar-refractivity contribution in [2.24, 2.45) is 0 Å². The standard InChI is InChI=1S/C19H22BrClN4O2/c1-2-23-13-14(20)11-17(23)18(26)24-7-4-8-25(10-9-24)19(27)22-16-6-3-5-15(21)12-16/h3,5-6,11-13H,2,4,7-10H2,1H3,(H,22,27). The molecular formula is C19H22BrClN4O2. The molecule has 27 heavy (non-hydrogen) atoms. The molecule has 3 rings (SSSR count). The molecule has 144 valence electrons. The van der Waals surface area contributed by atoms with Crippen molar-refractivity contribution in [3.63, 3.8) is 0 Å². The molecular weight excluding hydrogens is 432 g/mol. The number of carbonyl (C=O) groups excluding carboxylic acids is 2. The molecule has 2 heterocycles. The highest BCUT2D eigenvalue weighted by Crippen LogP contribution is 2.19. The number of nitrogens with one attached hydrogen (secondary N) is 1. The van der Waals surface area contributed by atoms with Crippen LogP contribution in [0, 0.1) is 0 Å². The molecule has 2 aromatic rings. The Kier molecular flexibility index (Phi) is 6.44. The molecule has 8 heteroatoms. The number of halogens is 2. The number of anilines is 1. The molecule has 3 amide bonds. The van der Waals surface area contributed by atoms with Crippen LogP contribution in [0.2, 0.25) is 5.02 Å². The monoisotopic (exact) mass is 452 g/mol. The number of amides is 3. The highest BCUT2D eigenvalue weighted by molar-refractivity contribution is 9.10. The van der Waals surface area contributed by atoms with Crippen molar-refractivity contribution in [2.75, 3.05) is 31.5 Å². The molecule has 6 nitrogen and oxygen atoms in total. The molecule has 0 saturated carbocycles. The maximum atomic E-state index is 12.9. The van der Waals surface area contributed by atoms with Crippen LogP contribution in [0.15, 0.2) is 41.0 Å². The highest BCUT2D eigenvalue weighted by atomic mass is 79.9. The fraction of sp³-hybridized carbons (Fsp3) is 0.368. The van der Waals surface area contributed by atoms with Crippen molar-refractivity contribution in [1.82, 2.24) is 14.4 Å². The molecule has 1 saturated heterocycles. The summed E-state index contributed by atoms with van der Waals surface area (Å²) in [6.45, 7) is 4.98. The van der Waals surface area contributed by atoms with Crippen LogP contribution in [-0.2, 0) is 6.54 Å². The maximum Gasteiger partial charge on any atom is 0.321 e. The summed E-state index contributed by atoms with van der Waals surface area (Å²) in [6.07, 6.45) is 2.65. The summed E-state index contributed by atoms with van der Waals surface area (Å²) >= 11 is 9.40. The summed E-state index contributed by atoms with van der Waals surface area (Å²) in [7, 11) is 0. The molecule has 0 unspecified atom stereocenters. The predicted molar refractivity (Wildman–Crippen MR) is 110 cm³/mol. The van der Waals surface area contributed by atoms with E-state index in [1.54, 1.807) is 29.2 Å². The summed E-state index contributed by atoms with van der Waals surface area (Å²) in [5, 5.41) is 3.44. The number of hydrogen-bond acceptors (Lipinski definition) is 2. The lowest BCUT2D eigenvalue weighted by atomic mass is 10.3. The number of rotatable bonds is 3. The largest absolute Gasteiger partial charge is 0.343 e. The van der Waals surface area contributed by atoms with Crippen molar-refractivity contribution in [2.45, 2.75) is 19.9 Å². The maximum absolute atomic E-state index is 12.9. The Hall–Kier alpha value is -1.99. The summed E-state index contributed by atoms with van der Waals surface area (Å²) < 4.78 is 2.83. The van der Waals surface area contributed by atoms with Gasteiger partial charge < -0.3 is 19.7 Å². The summed E-state index contributed by atoms with van der Waals surface area (Å²) in [6, 6.07) is 8.74. The van der Waals surface area contributed by atoms with Gasteiger partial charge in [-0.1, -0.05) is 17.7 Å². The van der Waals surface area contributed by atoms with Gasteiger partial charge in [0.2, 0.25) is 0 Å². The van der Waals surface area contributed by atoms with Gasteiger partial charge in [-0.2, -0.15) is 0 Å². The topological polar surface area (TPSA) is 57.6 Å². The van der Waals surface area contributed by atoms with Crippen molar-refractivity contribution < 1.29 is 9.59 Å².